The lowest BCUT2D eigenvalue weighted by molar-refractivity contribution is 0.241. The molecule has 2 aromatic rings. The van der Waals surface area contributed by atoms with Crippen LogP contribution >= 0.6 is 15.9 Å². The Hall–Kier alpha value is -2.07. The van der Waals surface area contributed by atoms with Gasteiger partial charge in [-0.2, -0.15) is 5.26 Å². The van der Waals surface area contributed by atoms with Crippen LogP contribution in [0.4, 0.5) is 5.69 Å². The molecule has 0 amide bonds. The van der Waals surface area contributed by atoms with Crippen LogP contribution in [0.25, 0.3) is 0 Å². The summed E-state index contributed by atoms with van der Waals surface area (Å²) in [6, 6.07) is 6.01. The lowest BCUT2D eigenvalue weighted by Gasteiger charge is -2.34. The molecule has 0 radical (unpaired) electrons. The Balaban J connectivity index is 1.83. The van der Waals surface area contributed by atoms with Crippen LogP contribution in [0, 0.1) is 11.3 Å². The van der Waals surface area contributed by atoms with Gasteiger partial charge < -0.3 is 14.2 Å². The molecule has 7 heteroatoms. The van der Waals surface area contributed by atoms with Gasteiger partial charge >= 0.3 is 0 Å². The molecule has 0 atom stereocenters. The van der Waals surface area contributed by atoms with Crippen molar-refractivity contribution >= 4 is 21.6 Å². The summed E-state index contributed by atoms with van der Waals surface area (Å²) in [6.45, 7) is 5.74. The SMILES string of the molecule is CC(C)Oc1ccc(C#N)c(N2CCC(c3nncn3C)CC2)c1Br. The van der Waals surface area contributed by atoms with Gasteiger partial charge in [-0.05, 0) is 54.8 Å². The van der Waals surface area contributed by atoms with Crippen molar-refractivity contribution in [3.63, 3.8) is 0 Å². The maximum absolute atomic E-state index is 9.52. The Morgan fingerprint density at radius 1 is 1.32 bits per heavy atom. The number of ether oxygens (including phenoxy) is 1. The number of rotatable bonds is 4. The highest BCUT2D eigenvalue weighted by Crippen LogP contribution is 2.40. The smallest absolute Gasteiger partial charge is 0.136 e. The van der Waals surface area contributed by atoms with E-state index in [0.29, 0.717) is 11.5 Å². The Morgan fingerprint density at radius 2 is 2.04 bits per heavy atom. The normalized spacial score (nSPS) is 15.4. The fourth-order valence-corrected chi connectivity index (χ4v) is 4.00. The van der Waals surface area contributed by atoms with Crippen molar-refractivity contribution in [3.8, 4) is 11.8 Å². The molecule has 1 fully saturated rings. The van der Waals surface area contributed by atoms with Crippen molar-refractivity contribution in [3.05, 3.63) is 34.3 Å². The van der Waals surface area contributed by atoms with Crippen LogP contribution < -0.4 is 9.64 Å². The molecule has 0 bridgehead atoms. The number of nitrogens with zero attached hydrogens (tertiary/aromatic N) is 5. The van der Waals surface area contributed by atoms with Crippen molar-refractivity contribution in [2.45, 2.75) is 38.7 Å². The quantitative estimate of drug-likeness (QED) is 0.779. The Morgan fingerprint density at radius 3 is 2.60 bits per heavy atom. The van der Waals surface area contributed by atoms with E-state index in [1.54, 1.807) is 6.33 Å². The van der Waals surface area contributed by atoms with Crippen molar-refractivity contribution in [1.29, 1.82) is 5.26 Å². The lowest BCUT2D eigenvalue weighted by atomic mass is 9.95. The lowest BCUT2D eigenvalue weighted by Crippen LogP contribution is -2.34. The molecule has 0 spiro atoms. The molecule has 3 rings (SSSR count). The predicted octanol–water partition coefficient (Wildman–Crippen LogP) is 3.62. The zero-order valence-electron chi connectivity index (χ0n) is 14.7. The van der Waals surface area contributed by atoms with Gasteiger partial charge in [0.2, 0.25) is 0 Å². The summed E-state index contributed by atoms with van der Waals surface area (Å²) >= 11 is 3.66. The molecule has 1 saturated heterocycles. The molecule has 0 N–H and O–H groups in total. The highest BCUT2D eigenvalue weighted by Gasteiger charge is 2.27. The van der Waals surface area contributed by atoms with Crippen molar-refractivity contribution in [2.75, 3.05) is 18.0 Å². The van der Waals surface area contributed by atoms with Crippen LogP contribution in [0.1, 0.15) is 44.0 Å². The molecule has 6 nitrogen and oxygen atoms in total. The third kappa shape index (κ3) is 3.64. The molecule has 132 valence electrons. The van der Waals surface area contributed by atoms with E-state index in [0.717, 1.165) is 47.7 Å². The van der Waals surface area contributed by atoms with Crippen LogP contribution in [-0.4, -0.2) is 34.0 Å². The minimum Gasteiger partial charge on any atom is -0.490 e. The van der Waals surface area contributed by atoms with Crippen LogP contribution in [0.3, 0.4) is 0 Å². The van der Waals surface area contributed by atoms with E-state index in [1.165, 1.54) is 0 Å². The number of aromatic nitrogens is 3. The molecule has 1 aromatic heterocycles. The Bertz CT molecular complexity index is 787. The highest BCUT2D eigenvalue weighted by atomic mass is 79.9. The van der Waals surface area contributed by atoms with Gasteiger partial charge in [0.05, 0.1) is 21.8 Å². The van der Waals surface area contributed by atoms with Crippen molar-refractivity contribution in [1.82, 2.24) is 14.8 Å². The fourth-order valence-electron chi connectivity index (χ4n) is 3.31. The minimum atomic E-state index is 0.0822. The second-order valence-corrected chi connectivity index (χ2v) is 7.41. The summed E-state index contributed by atoms with van der Waals surface area (Å²) in [5, 5.41) is 17.8. The van der Waals surface area contributed by atoms with Gasteiger partial charge in [0.15, 0.2) is 0 Å². The average molecular weight is 404 g/mol. The maximum Gasteiger partial charge on any atom is 0.136 e. The molecule has 1 aromatic carbocycles. The number of piperidine rings is 1. The second-order valence-electron chi connectivity index (χ2n) is 6.61. The molecule has 1 aliphatic rings. The predicted molar refractivity (Wildman–Crippen MR) is 99.8 cm³/mol. The number of anilines is 1. The van der Waals surface area contributed by atoms with Gasteiger partial charge in [-0.25, -0.2) is 0 Å². The first-order valence-corrected chi connectivity index (χ1v) is 9.28. The first-order chi connectivity index (χ1) is 12.0. The van der Waals surface area contributed by atoms with Gasteiger partial charge in [-0.15, -0.1) is 10.2 Å². The van der Waals surface area contributed by atoms with E-state index in [4.69, 9.17) is 4.74 Å². The molecule has 25 heavy (non-hydrogen) atoms. The van der Waals surface area contributed by atoms with E-state index in [2.05, 4.69) is 37.1 Å². The van der Waals surface area contributed by atoms with Crippen molar-refractivity contribution < 1.29 is 4.74 Å². The maximum atomic E-state index is 9.52. The topological polar surface area (TPSA) is 67.0 Å². The summed E-state index contributed by atoms with van der Waals surface area (Å²) < 4.78 is 8.72. The zero-order chi connectivity index (χ0) is 18.0. The minimum absolute atomic E-state index is 0.0822. The van der Waals surface area contributed by atoms with Gasteiger partial charge in [0, 0.05) is 26.1 Å². The molecule has 0 saturated carbocycles. The van der Waals surface area contributed by atoms with Crippen LogP contribution in [-0.2, 0) is 7.05 Å². The van der Waals surface area contributed by atoms with E-state index in [1.807, 2.05) is 37.6 Å². The van der Waals surface area contributed by atoms with Crippen LogP contribution in [0.2, 0.25) is 0 Å². The number of halogens is 1. The number of hydrogen-bond acceptors (Lipinski definition) is 5. The molecular formula is C18H22BrN5O. The van der Waals surface area contributed by atoms with Crippen LogP contribution in [0.15, 0.2) is 22.9 Å². The Kier molecular flexibility index (Phi) is 5.28. The molecular weight excluding hydrogens is 382 g/mol. The average Bonchev–Trinajstić information content (AvgIpc) is 3.02. The van der Waals surface area contributed by atoms with E-state index < -0.39 is 0 Å². The van der Waals surface area contributed by atoms with E-state index >= 15 is 0 Å². The summed E-state index contributed by atoms with van der Waals surface area (Å²) in [5.74, 6) is 2.22. The number of aryl methyl sites for hydroxylation is 1. The summed E-state index contributed by atoms with van der Waals surface area (Å²) in [7, 11) is 1.98. The molecule has 0 unspecified atom stereocenters. The van der Waals surface area contributed by atoms with Crippen molar-refractivity contribution in [2.24, 2.45) is 7.05 Å². The summed E-state index contributed by atoms with van der Waals surface area (Å²) in [6.07, 6.45) is 3.80. The highest BCUT2D eigenvalue weighted by molar-refractivity contribution is 9.10. The summed E-state index contributed by atoms with van der Waals surface area (Å²) in [5.41, 5.74) is 1.59. The molecule has 2 heterocycles. The van der Waals surface area contributed by atoms with Gasteiger partial charge in [0.25, 0.3) is 0 Å². The largest absolute Gasteiger partial charge is 0.490 e. The molecule has 1 aliphatic heterocycles. The monoisotopic (exact) mass is 403 g/mol. The Labute approximate surface area is 156 Å². The molecule has 0 aliphatic carbocycles. The first-order valence-electron chi connectivity index (χ1n) is 8.49. The zero-order valence-corrected chi connectivity index (χ0v) is 16.3. The first kappa shape index (κ1) is 17.7. The second kappa shape index (κ2) is 7.44. The van der Waals surface area contributed by atoms with E-state index in [-0.39, 0.29) is 6.10 Å². The van der Waals surface area contributed by atoms with Gasteiger partial charge in [-0.1, -0.05) is 0 Å². The number of benzene rings is 1. The van der Waals surface area contributed by atoms with E-state index in [9.17, 15) is 5.26 Å². The van der Waals surface area contributed by atoms with Crippen LogP contribution in [0.5, 0.6) is 5.75 Å². The van der Waals surface area contributed by atoms with Gasteiger partial charge in [0.1, 0.15) is 24.0 Å². The van der Waals surface area contributed by atoms with Gasteiger partial charge in [-0.3, -0.25) is 0 Å². The number of nitriles is 1. The summed E-state index contributed by atoms with van der Waals surface area (Å²) in [4.78, 5) is 2.27. The number of hydrogen-bond donors (Lipinski definition) is 0. The fraction of sp³-hybridized carbons (Fsp3) is 0.500. The standard InChI is InChI=1S/C18H22BrN5O/c1-12(2)25-15-5-4-14(10-20)17(16(15)19)24-8-6-13(7-9-24)18-22-21-11-23(18)3/h4-5,11-13H,6-9H2,1-3H3. The third-order valence-electron chi connectivity index (χ3n) is 4.49. The third-order valence-corrected chi connectivity index (χ3v) is 5.25.